The van der Waals surface area contributed by atoms with Crippen LogP contribution in [0.3, 0.4) is 0 Å². The van der Waals surface area contributed by atoms with Crippen LogP contribution in [-0.4, -0.2) is 41.1 Å². The summed E-state index contributed by atoms with van der Waals surface area (Å²) in [4.78, 5) is 22.5. The van der Waals surface area contributed by atoms with E-state index in [1.165, 1.54) is 12.1 Å². The third kappa shape index (κ3) is 3.98. The van der Waals surface area contributed by atoms with Gasteiger partial charge in [-0.25, -0.2) is 0 Å². The van der Waals surface area contributed by atoms with Crippen LogP contribution in [0.5, 0.6) is 0 Å². The quantitative estimate of drug-likeness (QED) is 0.507. The van der Waals surface area contributed by atoms with Gasteiger partial charge in [-0.05, 0) is 32.5 Å². The van der Waals surface area contributed by atoms with E-state index in [0.717, 1.165) is 32.0 Å². The molecule has 0 spiro atoms. The predicted molar refractivity (Wildman–Crippen MR) is 82.1 cm³/mol. The Kier molecular flexibility index (Phi) is 4.99. The first-order chi connectivity index (χ1) is 10.5. The number of hydrogen-bond acceptors (Lipinski definition) is 7. The summed E-state index contributed by atoms with van der Waals surface area (Å²) in [5, 5.41) is 25.7. The van der Waals surface area contributed by atoms with Gasteiger partial charge in [-0.1, -0.05) is 0 Å². The zero-order chi connectivity index (χ0) is 16.1. The maximum Gasteiger partial charge on any atom is 0.301 e. The van der Waals surface area contributed by atoms with Crippen molar-refractivity contribution in [1.29, 1.82) is 0 Å². The molecule has 0 amide bonds. The molecule has 0 aliphatic carbocycles. The van der Waals surface area contributed by atoms with Gasteiger partial charge in [0.2, 0.25) is 0 Å². The highest BCUT2D eigenvalue weighted by Crippen LogP contribution is 2.28. The Morgan fingerprint density at radius 3 is 2.77 bits per heavy atom. The first kappa shape index (κ1) is 15.8. The summed E-state index contributed by atoms with van der Waals surface area (Å²) in [6.45, 7) is 1.96. The van der Waals surface area contributed by atoms with Gasteiger partial charge in [0.15, 0.2) is 0 Å². The molecule has 1 aromatic carbocycles. The second-order valence-corrected chi connectivity index (χ2v) is 5.27. The van der Waals surface area contributed by atoms with Crippen molar-refractivity contribution >= 4 is 23.3 Å². The molecule has 0 radical (unpaired) electrons. The minimum absolute atomic E-state index is 0.135. The monoisotopic (exact) mass is 307 g/mol. The first-order valence-electron chi connectivity index (χ1n) is 6.88. The van der Waals surface area contributed by atoms with Crippen molar-refractivity contribution in [3.63, 3.8) is 0 Å². The van der Waals surface area contributed by atoms with Crippen LogP contribution >= 0.6 is 0 Å². The minimum Gasteiger partial charge on any atom is -0.306 e. The number of anilines is 1. The molecule has 1 saturated heterocycles. The van der Waals surface area contributed by atoms with Crippen molar-refractivity contribution in [3.05, 3.63) is 38.4 Å². The SMILES string of the molecule is CN1CCCC(/C=N/Nc2ccc([N+](=O)[O-])cc2[N+](=O)[O-])C1. The van der Waals surface area contributed by atoms with Crippen LogP contribution in [0.25, 0.3) is 0 Å². The number of nitro groups is 2. The van der Waals surface area contributed by atoms with Gasteiger partial charge in [0.25, 0.3) is 5.69 Å². The number of hydrogen-bond donors (Lipinski definition) is 1. The molecule has 22 heavy (non-hydrogen) atoms. The molecule has 0 saturated carbocycles. The molecule has 0 aromatic heterocycles. The average molecular weight is 307 g/mol. The highest BCUT2D eigenvalue weighted by Gasteiger charge is 2.19. The molecule has 1 N–H and O–H groups in total. The van der Waals surface area contributed by atoms with Gasteiger partial charge in [0.05, 0.1) is 15.9 Å². The van der Waals surface area contributed by atoms with Crippen molar-refractivity contribution < 1.29 is 9.85 Å². The molecule has 1 heterocycles. The lowest BCUT2D eigenvalue weighted by Crippen LogP contribution is -2.32. The number of likely N-dealkylation sites (tertiary alicyclic amines) is 1. The van der Waals surface area contributed by atoms with Crippen LogP contribution in [0, 0.1) is 26.1 Å². The van der Waals surface area contributed by atoms with Crippen LogP contribution in [0.4, 0.5) is 17.1 Å². The minimum atomic E-state index is -0.669. The fourth-order valence-electron chi connectivity index (χ4n) is 2.42. The number of benzene rings is 1. The van der Waals surface area contributed by atoms with Crippen molar-refractivity contribution in [2.75, 3.05) is 25.6 Å². The summed E-state index contributed by atoms with van der Waals surface area (Å²) in [5.74, 6) is 0.295. The fraction of sp³-hybridized carbons (Fsp3) is 0.462. The van der Waals surface area contributed by atoms with E-state index in [1.807, 2.05) is 7.05 Å². The van der Waals surface area contributed by atoms with Gasteiger partial charge in [-0.3, -0.25) is 25.7 Å². The Bertz CT molecular complexity index is 604. The molecule has 1 aromatic rings. The smallest absolute Gasteiger partial charge is 0.301 e. The molecule has 1 atom stereocenters. The summed E-state index contributed by atoms with van der Waals surface area (Å²) in [7, 11) is 2.04. The van der Waals surface area contributed by atoms with Gasteiger partial charge < -0.3 is 4.90 Å². The molecule has 1 fully saturated rings. The maximum absolute atomic E-state index is 11.0. The second kappa shape index (κ2) is 6.94. The molecule has 9 nitrogen and oxygen atoms in total. The number of non-ortho nitro benzene ring substituents is 1. The Balaban J connectivity index is 2.08. The van der Waals surface area contributed by atoms with E-state index >= 15 is 0 Å². The van der Waals surface area contributed by atoms with E-state index in [0.29, 0.717) is 5.92 Å². The van der Waals surface area contributed by atoms with Crippen LogP contribution in [0.2, 0.25) is 0 Å². The second-order valence-electron chi connectivity index (χ2n) is 5.27. The van der Waals surface area contributed by atoms with Crippen LogP contribution in [-0.2, 0) is 0 Å². The van der Waals surface area contributed by atoms with Gasteiger partial charge in [-0.15, -0.1) is 0 Å². The van der Waals surface area contributed by atoms with Crippen LogP contribution in [0.1, 0.15) is 12.8 Å². The number of nitrogens with zero attached hydrogens (tertiary/aromatic N) is 4. The number of nitrogens with one attached hydrogen (secondary N) is 1. The summed E-state index contributed by atoms with van der Waals surface area (Å²) in [6, 6.07) is 3.42. The highest BCUT2D eigenvalue weighted by molar-refractivity contribution is 5.68. The number of hydrazone groups is 1. The van der Waals surface area contributed by atoms with Crippen molar-refractivity contribution in [1.82, 2.24) is 4.90 Å². The highest BCUT2D eigenvalue weighted by atomic mass is 16.6. The third-order valence-corrected chi connectivity index (χ3v) is 3.52. The van der Waals surface area contributed by atoms with E-state index in [9.17, 15) is 20.2 Å². The van der Waals surface area contributed by atoms with E-state index in [2.05, 4.69) is 15.4 Å². The zero-order valence-electron chi connectivity index (χ0n) is 12.1. The van der Waals surface area contributed by atoms with E-state index in [4.69, 9.17) is 0 Å². The van der Waals surface area contributed by atoms with Crippen molar-refractivity contribution in [3.8, 4) is 0 Å². The Hall–Kier alpha value is -2.55. The van der Waals surface area contributed by atoms with E-state index in [1.54, 1.807) is 6.21 Å². The van der Waals surface area contributed by atoms with Crippen molar-refractivity contribution in [2.45, 2.75) is 12.8 Å². The summed E-state index contributed by atoms with van der Waals surface area (Å²) < 4.78 is 0. The molecule has 2 rings (SSSR count). The Morgan fingerprint density at radius 1 is 1.36 bits per heavy atom. The van der Waals surface area contributed by atoms with Gasteiger partial charge in [0, 0.05) is 24.7 Å². The van der Waals surface area contributed by atoms with Gasteiger partial charge in [-0.2, -0.15) is 5.10 Å². The lowest BCUT2D eigenvalue weighted by Gasteiger charge is -2.26. The molecular formula is C13H17N5O4. The lowest BCUT2D eigenvalue weighted by molar-refractivity contribution is -0.393. The summed E-state index contributed by atoms with van der Waals surface area (Å²) in [6.07, 6.45) is 3.85. The number of nitro benzene ring substituents is 2. The van der Waals surface area contributed by atoms with E-state index < -0.39 is 9.85 Å². The van der Waals surface area contributed by atoms with Gasteiger partial charge >= 0.3 is 5.69 Å². The molecule has 1 unspecified atom stereocenters. The van der Waals surface area contributed by atoms with E-state index in [-0.39, 0.29) is 17.1 Å². The Labute approximate surface area is 126 Å². The number of rotatable bonds is 5. The summed E-state index contributed by atoms with van der Waals surface area (Å²) >= 11 is 0. The molecule has 118 valence electrons. The predicted octanol–water partition coefficient (Wildman–Crippen LogP) is 2.24. The molecule has 1 aliphatic heterocycles. The fourth-order valence-corrected chi connectivity index (χ4v) is 2.42. The van der Waals surface area contributed by atoms with Gasteiger partial charge in [0.1, 0.15) is 5.69 Å². The summed E-state index contributed by atoms with van der Waals surface area (Å²) in [5.41, 5.74) is 2.05. The maximum atomic E-state index is 11.0. The van der Waals surface area contributed by atoms with Crippen LogP contribution < -0.4 is 5.43 Å². The molecule has 9 heteroatoms. The normalized spacial score (nSPS) is 19.2. The standard InChI is InChI=1S/C13H17N5O4/c1-16-6-2-3-10(9-16)8-14-15-12-5-4-11(17(19)20)7-13(12)18(21)22/h4-5,7-8,10,15H,2-3,6,9H2,1H3/b14-8+. The first-order valence-corrected chi connectivity index (χ1v) is 6.88. The molecule has 0 bridgehead atoms. The Morgan fingerprint density at radius 2 is 2.14 bits per heavy atom. The topological polar surface area (TPSA) is 114 Å². The molecular weight excluding hydrogens is 290 g/mol. The van der Waals surface area contributed by atoms with Crippen molar-refractivity contribution in [2.24, 2.45) is 11.0 Å². The lowest BCUT2D eigenvalue weighted by atomic mass is 10.0. The average Bonchev–Trinajstić information content (AvgIpc) is 2.47. The number of piperidine rings is 1. The zero-order valence-corrected chi connectivity index (χ0v) is 12.1. The molecule has 1 aliphatic rings. The largest absolute Gasteiger partial charge is 0.306 e. The third-order valence-electron chi connectivity index (χ3n) is 3.52. The van der Waals surface area contributed by atoms with Crippen LogP contribution in [0.15, 0.2) is 23.3 Å².